The normalized spacial score (nSPS) is 20.7. The zero-order valence-corrected chi connectivity index (χ0v) is 13.4. The number of hydrogen-bond donors (Lipinski definition) is 2. The van der Waals surface area contributed by atoms with Crippen LogP contribution in [0.2, 0.25) is 0 Å². The molecule has 2 aliphatic heterocycles. The van der Waals surface area contributed by atoms with Crippen molar-refractivity contribution >= 4 is 24.4 Å². The van der Waals surface area contributed by atoms with Crippen molar-refractivity contribution in [1.82, 2.24) is 10.3 Å². The topological polar surface area (TPSA) is 100 Å². The summed E-state index contributed by atoms with van der Waals surface area (Å²) in [5.74, 6) is 1.01. The number of hydrogen-bond acceptors (Lipinski definition) is 8. The van der Waals surface area contributed by atoms with Gasteiger partial charge in [-0.2, -0.15) is 5.26 Å². The molecule has 0 aliphatic carbocycles. The smallest absolute Gasteiger partial charge is 0.208 e. The van der Waals surface area contributed by atoms with Crippen molar-refractivity contribution in [3.63, 3.8) is 0 Å². The molecular formula is C16H19N7O. The van der Waals surface area contributed by atoms with Crippen LogP contribution in [0.5, 0.6) is 0 Å². The van der Waals surface area contributed by atoms with Crippen molar-refractivity contribution in [2.45, 2.75) is 25.7 Å². The quantitative estimate of drug-likeness (QED) is 0.614. The Kier molecular flexibility index (Phi) is 4.44. The third-order valence-corrected chi connectivity index (χ3v) is 4.13. The number of fused-ring (bicyclic) bond motifs is 4. The van der Waals surface area contributed by atoms with E-state index in [1.807, 2.05) is 11.0 Å². The number of anilines is 2. The van der Waals surface area contributed by atoms with Crippen molar-refractivity contribution in [1.29, 1.82) is 5.26 Å². The lowest BCUT2D eigenvalue weighted by Gasteiger charge is -2.40. The Morgan fingerprint density at radius 3 is 3.17 bits per heavy atom. The SMILES string of the molecule is C=N/C=C(\N=C/C)NC(O)N1c2nc(C#N)ccc2N2CC[C@H]1C2. The van der Waals surface area contributed by atoms with E-state index in [2.05, 4.69) is 38.0 Å². The van der Waals surface area contributed by atoms with Crippen LogP contribution in [-0.4, -0.2) is 48.5 Å². The Labute approximate surface area is 140 Å². The highest BCUT2D eigenvalue weighted by molar-refractivity contribution is 5.72. The first-order valence-electron chi connectivity index (χ1n) is 7.71. The molecule has 2 N–H and O–H groups in total. The van der Waals surface area contributed by atoms with Gasteiger partial charge in [-0.05, 0) is 32.2 Å². The number of nitrogens with one attached hydrogen (secondary N) is 1. The van der Waals surface area contributed by atoms with Crippen LogP contribution in [0.25, 0.3) is 0 Å². The molecule has 0 saturated carbocycles. The van der Waals surface area contributed by atoms with Gasteiger partial charge in [0.25, 0.3) is 0 Å². The lowest BCUT2D eigenvalue weighted by Crippen LogP contribution is -2.54. The maximum atomic E-state index is 10.7. The second kappa shape index (κ2) is 6.68. The van der Waals surface area contributed by atoms with Gasteiger partial charge in [0, 0.05) is 19.3 Å². The van der Waals surface area contributed by atoms with Crippen LogP contribution in [0.15, 0.2) is 34.1 Å². The van der Waals surface area contributed by atoms with Crippen LogP contribution in [-0.2, 0) is 0 Å². The predicted molar refractivity (Wildman–Crippen MR) is 93.0 cm³/mol. The van der Waals surface area contributed by atoms with Gasteiger partial charge in [0.1, 0.15) is 17.6 Å². The average molecular weight is 325 g/mol. The molecule has 124 valence electrons. The maximum absolute atomic E-state index is 10.7. The summed E-state index contributed by atoms with van der Waals surface area (Å²) >= 11 is 0. The number of rotatable bonds is 5. The fraction of sp³-hybridized carbons (Fsp3) is 0.375. The highest BCUT2D eigenvalue weighted by atomic mass is 16.3. The zero-order chi connectivity index (χ0) is 17.1. The molecule has 0 aromatic carbocycles. The van der Waals surface area contributed by atoms with Crippen molar-refractivity contribution in [2.24, 2.45) is 9.98 Å². The molecule has 2 bridgehead atoms. The lowest BCUT2D eigenvalue weighted by atomic mass is 10.2. The summed E-state index contributed by atoms with van der Waals surface area (Å²) in [5, 5.41) is 22.8. The molecule has 1 aromatic heterocycles. The lowest BCUT2D eigenvalue weighted by molar-refractivity contribution is 0.133. The van der Waals surface area contributed by atoms with Crippen LogP contribution in [0.1, 0.15) is 19.0 Å². The van der Waals surface area contributed by atoms with Gasteiger partial charge in [0.05, 0.1) is 17.9 Å². The summed E-state index contributed by atoms with van der Waals surface area (Å²) in [4.78, 5) is 16.2. The van der Waals surface area contributed by atoms with E-state index in [0.29, 0.717) is 17.3 Å². The summed E-state index contributed by atoms with van der Waals surface area (Å²) in [6.45, 7) is 6.90. The summed E-state index contributed by atoms with van der Waals surface area (Å²) in [5.41, 5.74) is 1.25. The van der Waals surface area contributed by atoms with E-state index in [0.717, 1.165) is 25.2 Å². The number of nitrogens with zero attached hydrogens (tertiary/aromatic N) is 6. The Bertz CT molecular complexity index is 736. The number of aromatic nitrogens is 1. The fourth-order valence-corrected chi connectivity index (χ4v) is 3.15. The summed E-state index contributed by atoms with van der Waals surface area (Å²) in [7, 11) is 0. The predicted octanol–water partition coefficient (Wildman–Crippen LogP) is 0.808. The third kappa shape index (κ3) is 2.81. The highest BCUT2D eigenvalue weighted by Gasteiger charge is 2.40. The standard InChI is InChI=1S/C16H19N7O/c1-3-19-14(9-18-2)21-16(24)23-12-6-7-22(10-12)13-5-4-11(8-17)20-15(13)23/h3-5,9,12,16,21,24H,2,6-7,10H2,1H3/b14-9+,19-3-/t12-,16?/m0/s1. The van der Waals surface area contributed by atoms with Gasteiger partial charge in [0.2, 0.25) is 6.35 Å². The average Bonchev–Trinajstić information content (AvgIpc) is 2.99. The van der Waals surface area contributed by atoms with Gasteiger partial charge in [-0.3, -0.25) is 4.99 Å². The largest absolute Gasteiger partial charge is 0.366 e. The van der Waals surface area contributed by atoms with Crippen molar-refractivity contribution in [3.8, 4) is 6.07 Å². The molecule has 24 heavy (non-hydrogen) atoms. The molecule has 1 saturated heterocycles. The number of pyridine rings is 1. The minimum Gasteiger partial charge on any atom is -0.366 e. The van der Waals surface area contributed by atoms with Gasteiger partial charge in [-0.1, -0.05) is 0 Å². The van der Waals surface area contributed by atoms with E-state index in [1.54, 1.807) is 19.2 Å². The molecule has 3 heterocycles. The van der Waals surface area contributed by atoms with Gasteiger partial charge in [-0.15, -0.1) is 0 Å². The molecule has 8 nitrogen and oxygen atoms in total. The van der Waals surface area contributed by atoms with Gasteiger partial charge < -0.3 is 20.2 Å². The fourth-order valence-electron chi connectivity index (χ4n) is 3.15. The molecule has 1 unspecified atom stereocenters. The summed E-state index contributed by atoms with van der Waals surface area (Å²) in [6.07, 6.45) is 2.91. The van der Waals surface area contributed by atoms with E-state index >= 15 is 0 Å². The van der Waals surface area contributed by atoms with Crippen LogP contribution in [0, 0.1) is 11.3 Å². The van der Waals surface area contributed by atoms with Crippen molar-refractivity contribution < 1.29 is 5.11 Å². The van der Waals surface area contributed by atoms with Crippen LogP contribution in [0.3, 0.4) is 0 Å². The highest BCUT2D eigenvalue weighted by Crippen LogP contribution is 2.39. The zero-order valence-electron chi connectivity index (χ0n) is 13.4. The van der Waals surface area contributed by atoms with E-state index in [-0.39, 0.29) is 6.04 Å². The first-order chi connectivity index (χ1) is 11.7. The van der Waals surface area contributed by atoms with E-state index in [1.165, 1.54) is 6.20 Å². The molecule has 1 aromatic rings. The Balaban J connectivity index is 1.94. The minimum atomic E-state index is -1.04. The Morgan fingerprint density at radius 2 is 2.46 bits per heavy atom. The number of aliphatic imine (C=N–C) groups is 2. The minimum absolute atomic E-state index is 0.116. The molecule has 8 heteroatoms. The molecule has 0 spiro atoms. The summed E-state index contributed by atoms with van der Waals surface area (Å²) < 4.78 is 0. The Morgan fingerprint density at radius 1 is 1.62 bits per heavy atom. The second-order valence-corrected chi connectivity index (χ2v) is 5.55. The van der Waals surface area contributed by atoms with Gasteiger partial charge in [0.15, 0.2) is 5.82 Å². The number of aliphatic hydroxyl groups excluding tert-OH is 1. The molecule has 2 atom stereocenters. The van der Waals surface area contributed by atoms with E-state index in [9.17, 15) is 5.11 Å². The first kappa shape index (κ1) is 16.0. The number of nitriles is 1. The monoisotopic (exact) mass is 325 g/mol. The second-order valence-electron chi connectivity index (χ2n) is 5.55. The van der Waals surface area contributed by atoms with Gasteiger partial charge in [-0.25, -0.2) is 9.98 Å². The van der Waals surface area contributed by atoms with Crippen LogP contribution >= 0.6 is 0 Å². The molecule has 3 rings (SSSR count). The van der Waals surface area contributed by atoms with Crippen molar-refractivity contribution in [2.75, 3.05) is 22.9 Å². The molecule has 0 amide bonds. The van der Waals surface area contributed by atoms with Crippen LogP contribution < -0.4 is 15.1 Å². The first-order valence-corrected chi connectivity index (χ1v) is 7.71. The van der Waals surface area contributed by atoms with Gasteiger partial charge >= 0.3 is 0 Å². The summed E-state index contributed by atoms with van der Waals surface area (Å²) in [6, 6.07) is 5.75. The third-order valence-electron chi connectivity index (χ3n) is 4.13. The van der Waals surface area contributed by atoms with Crippen molar-refractivity contribution in [3.05, 3.63) is 29.8 Å². The van der Waals surface area contributed by atoms with E-state index < -0.39 is 6.35 Å². The Hall–Kier alpha value is -2.92. The molecule has 0 radical (unpaired) electrons. The maximum Gasteiger partial charge on any atom is 0.208 e. The molecule has 1 fully saturated rings. The van der Waals surface area contributed by atoms with E-state index in [4.69, 9.17) is 5.26 Å². The van der Waals surface area contributed by atoms with Crippen LogP contribution in [0.4, 0.5) is 11.5 Å². The molecule has 2 aliphatic rings. The number of aliphatic hydroxyl groups is 1. The molecular weight excluding hydrogens is 306 g/mol.